The van der Waals surface area contributed by atoms with E-state index in [0.29, 0.717) is 11.1 Å². The summed E-state index contributed by atoms with van der Waals surface area (Å²) in [4.78, 5) is 0.114. The molecule has 0 unspecified atom stereocenters. The van der Waals surface area contributed by atoms with Gasteiger partial charge < -0.3 is 4.57 Å². The predicted molar refractivity (Wildman–Crippen MR) is 92.7 cm³/mol. The first-order valence-corrected chi connectivity index (χ1v) is 9.65. The highest BCUT2D eigenvalue weighted by Crippen LogP contribution is 2.38. The second-order valence-electron chi connectivity index (χ2n) is 5.90. The third-order valence-corrected chi connectivity index (χ3v) is 6.29. The Balaban J connectivity index is 1.79. The normalized spacial score (nSPS) is 15.1. The van der Waals surface area contributed by atoms with Crippen LogP contribution in [0.2, 0.25) is 10.0 Å². The number of halogens is 2. The number of hydrogen-bond acceptors (Lipinski definition) is 2. The first-order chi connectivity index (χ1) is 10.8. The molecule has 0 radical (unpaired) electrons. The van der Waals surface area contributed by atoms with Gasteiger partial charge in [0.2, 0.25) is 10.0 Å². The summed E-state index contributed by atoms with van der Waals surface area (Å²) >= 11 is 11.7. The van der Waals surface area contributed by atoms with Crippen LogP contribution < -0.4 is 4.72 Å². The summed E-state index contributed by atoms with van der Waals surface area (Å²) < 4.78 is 29.7. The average Bonchev–Trinajstić information content (AvgIpc) is 3.26. The lowest BCUT2D eigenvalue weighted by molar-refractivity contribution is 0.581. The van der Waals surface area contributed by atoms with E-state index in [1.54, 1.807) is 0 Å². The third-order valence-electron chi connectivity index (χ3n) is 4.16. The Labute approximate surface area is 146 Å². The Bertz CT molecular complexity index is 855. The molecular formula is C16H18Cl2N2O2S. The fourth-order valence-electron chi connectivity index (χ4n) is 2.82. The quantitative estimate of drug-likeness (QED) is 0.853. The monoisotopic (exact) mass is 372 g/mol. The van der Waals surface area contributed by atoms with Crippen molar-refractivity contribution < 1.29 is 8.42 Å². The molecule has 1 saturated carbocycles. The van der Waals surface area contributed by atoms with Crippen LogP contribution in [-0.4, -0.2) is 13.0 Å². The summed E-state index contributed by atoms with van der Waals surface area (Å²) in [6.45, 7) is 4.35. The third kappa shape index (κ3) is 3.43. The van der Waals surface area contributed by atoms with E-state index in [4.69, 9.17) is 23.2 Å². The molecule has 23 heavy (non-hydrogen) atoms. The molecule has 7 heteroatoms. The standard InChI is InChI=1S/C16H18Cl2N2O2S/c1-10-7-12(11(2)20(10)13-3-4-13)9-19-23(21,22)14-5-6-15(17)16(18)8-14/h5-8,13,19H,3-4,9H2,1-2H3. The highest BCUT2D eigenvalue weighted by molar-refractivity contribution is 7.89. The van der Waals surface area contributed by atoms with Crippen molar-refractivity contribution in [2.45, 2.75) is 44.2 Å². The number of benzene rings is 1. The van der Waals surface area contributed by atoms with E-state index in [-0.39, 0.29) is 16.5 Å². The molecule has 0 atom stereocenters. The molecule has 0 amide bonds. The van der Waals surface area contributed by atoms with E-state index in [1.165, 1.54) is 36.7 Å². The van der Waals surface area contributed by atoms with Crippen molar-refractivity contribution >= 4 is 33.2 Å². The summed E-state index contributed by atoms with van der Waals surface area (Å²) in [7, 11) is -3.63. The van der Waals surface area contributed by atoms with E-state index >= 15 is 0 Å². The van der Waals surface area contributed by atoms with Crippen molar-refractivity contribution in [3.8, 4) is 0 Å². The number of nitrogens with one attached hydrogen (secondary N) is 1. The lowest BCUT2D eigenvalue weighted by Gasteiger charge is -2.09. The van der Waals surface area contributed by atoms with E-state index in [1.807, 2.05) is 13.0 Å². The molecule has 0 spiro atoms. The number of sulfonamides is 1. The van der Waals surface area contributed by atoms with Gasteiger partial charge >= 0.3 is 0 Å². The zero-order valence-electron chi connectivity index (χ0n) is 12.9. The minimum atomic E-state index is -3.63. The molecule has 0 bridgehead atoms. The SMILES string of the molecule is Cc1cc(CNS(=O)(=O)c2ccc(Cl)c(Cl)c2)c(C)n1C1CC1. The van der Waals surface area contributed by atoms with Gasteiger partial charge in [0.15, 0.2) is 0 Å². The van der Waals surface area contributed by atoms with Crippen molar-refractivity contribution in [3.05, 3.63) is 51.3 Å². The largest absolute Gasteiger partial charge is 0.346 e. The molecule has 1 heterocycles. The van der Waals surface area contributed by atoms with Gasteiger partial charge in [-0.2, -0.15) is 0 Å². The zero-order chi connectivity index (χ0) is 16.8. The molecule has 0 aliphatic heterocycles. The van der Waals surface area contributed by atoms with Gasteiger partial charge in [0.25, 0.3) is 0 Å². The molecule has 1 aliphatic carbocycles. The average molecular weight is 373 g/mol. The topological polar surface area (TPSA) is 51.1 Å². The summed E-state index contributed by atoms with van der Waals surface area (Å²) in [5, 5.41) is 0.556. The molecule has 1 aliphatic rings. The van der Waals surface area contributed by atoms with Crippen LogP contribution in [0, 0.1) is 13.8 Å². The van der Waals surface area contributed by atoms with Crippen LogP contribution >= 0.6 is 23.2 Å². The first kappa shape index (κ1) is 16.8. The van der Waals surface area contributed by atoms with Crippen LogP contribution in [0.25, 0.3) is 0 Å². The van der Waals surface area contributed by atoms with Crippen LogP contribution in [0.1, 0.15) is 35.8 Å². The van der Waals surface area contributed by atoms with Crippen molar-refractivity contribution in [1.29, 1.82) is 0 Å². The Hall–Kier alpha value is -1.01. The van der Waals surface area contributed by atoms with Crippen molar-refractivity contribution in [2.24, 2.45) is 0 Å². The molecule has 1 aromatic heterocycles. The maximum atomic E-state index is 12.4. The van der Waals surface area contributed by atoms with Crippen molar-refractivity contribution in [3.63, 3.8) is 0 Å². The highest BCUT2D eigenvalue weighted by Gasteiger charge is 2.27. The van der Waals surface area contributed by atoms with Crippen molar-refractivity contribution in [2.75, 3.05) is 0 Å². The minimum absolute atomic E-state index is 0.114. The summed E-state index contributed by atoms with van der Waals surface area (Å²) in [6, 6.07) is 6.92. The van der Waals surface area contributed by atoms with Gasteiger partial charge in [0, 0.05) is 24.0 Å². The molecule has 1 N–H and O–H groups in total. The first-order valence-electron chi connectivity index (χ1n) is 7.41. The fourth-order valence-corrected chi connectivity index (χ4v) is 4.21. The number of aryl methyl sites for hydroxylation is 1. The van der Waals surface area contributed by atoms with Crippen LogP contribution in [0.5, 0.6) is 0 Å². The van der Waals surface area contributed by atoms with Gasteiger partial charge in [0.05, 0.1) is 14.9 Å². The maximum absolute atomic E-state index is 12.4. The number of rotatable bonds is 5. The van der Waals surface area contributed by atoms with Crippen LogP contribution in [0.4, 0.5) is 0 Å². The molecule has 4 nitrogen and oxygen atoms in total. The maximum Gasteiger partial charge on any atom is 0.240 e. The Morgan fingerprint density at radius 2 is 1.87 bits per heavy atom. The van der Waals surface area contributed by atoms with Gasteiger partial charge in [-0.1, -0.05) is 23.2 Å². The Morgan fingerprint density at radius 3 is 2.48 bits per heavy atom. The molecule has 0 saturated heterocycles. The number of nitrogens with zero attached hydrogens (tertiary/aromatic N) is 1. The molecular weight excluding hydrogens is 355 g/mol. The molecule has 1 aromatic carbocycles. The van der Waals surface area contributed by atoms with E-state index in [9.17, 15) is 8.42 Å². The fraction of sp³-hybridized carbons (Fsp3) is 0.375. The lowest BCUT2D eigenvalue weighted by Crippen LogP contribution is -2.23. The molecule has 2 aromatic rings. The van der Waals surface area contributed by atoms with Gasteiger partial charge in [-0.15, -0.1) is 0 Å². The van der Waals surface area contributed by atoms with Gasteiger partial charge in [-0.05, 0) is 56.5 Å². The predicted octanol–water partition coefficient (Wildman–Crippen LogP) is 4.23. The van der Waals surface area contributed by atoms with Crippen molar-refractivity contribution in [1.82, 2.24) is 9.29 Å². The zero-order valence-corrected chi connectivity index (χ0v) is 15.3. The molecule has 124 valence electrons. The Morgan fingerprint density at radius 1 is 1.17 bits per heavy atom. The number of hydrogen-bond donors (Lipinski definition) is 1. The summed E-state index contributed by atoms with van der Waals surface area (Å²) in [5.41, 5.74) is 3.30. The van der Waals surface area contributed by atoms with Crippen LogP contribution in [-0.2, 0) is 16.6 Å². The van der Waals surface area contributed by atoms with E-state index < -0.39 is 10.0 Å². The Kier molecular flexibility index (Phi) is 4.49. The second kappa shape index (κ2) is 6.13. The molecule has 1 fully saturated rings. The van der Waals surface area contributed by atoms with Crippen LogP contribution in [0.15, 0.2) is 29.2 Å². The summed E-state index contributed by atoms with van der Waals surface area (Å²) in [5.74, 6) is 0. The number of aromatic nitrogens is 1. The van der Waals surface area contributed by atoms with Gasteiger partial charge in [-0.3, -0.25) is 0 Å². The summed E-state index contributed by atoms with van der Waals surface area (Å²) in [6.07, 6.45) is 2.40. The molecule has 3 rings (SSSR count). The lowest BCUT2D eigenvalue weighted by atomic mass is 10.2. The van der Waals surface area contributed by atoms with E-state index in [2.05, 4.69) is 16.2 Å². The van der Waals surface area contributed by atoms with E-state index in [0.717, 1.165) is 11.3 Å². The minimum Gasteiger partial charge on any atom is -0.346 e. The smallest absolute Gasteiger partial charge is 0.240 e. The highest BCUT2D eigenvalue weighted by atomic mass is 35.5. The van der Waals surface area contributed by atoms with Crippen LogP contribution in [0.3, 0.4) is 0 Å². The van der Waals surface area contributed by atoms with Gasteiger partial charge in [0.1, 0.15) is 0 Å². The second-order valence-corrected chi connectivity index (χ2v) is 8.48. The van der Waals surface area contributed by atoms with Gasteiger partial charge in [-0.25, -0.2) is 13.1 Å².